The van der Waals surface area contributed by atoms with Crippen LogP contribution in [0.2, 0.25) is 5.02 Å². The van der Waals surface area contributed by atoms with Crippen molar-refractivity contribution in [1.82, 2.24) is 14.3 Å². The minimum absolute atomic E-state index is 0.211. The van der Waals surface area contributed by atoms with E-state index in [2.05, 4.69) is 14.9 Å². The molecule has 3 heterocycles. The number of anilines is 1. The van der Waals surface area contributed by atoms with E-state index in [0.717, 1.165) is 50.3 Å². The molecule has 168 valence electrons. The van der Waals surface area contributed by atoms with Crippen LogP contribution in [0.1, 0.15) is 45.4 Å². The van der Waals surface area contributed by atoms with Crippen molar-refractivity contribution in [3.05, 3.63) is 17.4 Å². The zero-order chi connectivity index (χ0) is 21.1. The van der Waals surface area contributed by atoms with Gasteiger partial charge in [0.15, 0.2) is 0 Å². The lowest BCUT2D eigenvalue weighted by Gasteiger charge is -2.32. The molecule has 0 radical (unpaired) electrons. The first-order valence-electron chi connectivity index (χ1n) is 11.3. The Bertz CT molecular complexity index is 791. The van der Waals surface area contributed by atoms with E-state index in [9.17, 15) is 8.42 Å². The molecule has 9 heteroatoms. The standard InChI is InChI=1S/C21H33ClN4O3S/c1-2-11-30(27,28)26-9-5-19(6-10-26)29-15-17-12-20(17)16-3-7-25(8-4-16)21-23-13-18(22)14-24-21/h13-14,16-17,19-20H,2-12,15H2,1H3/t17-,20+/m0/s1. The van der Waals surface area contributed by atoms with Crippen molar-refractivity contribution >= 4 is 27.6 Å². The lowest BCUT2D eigenvalue weighted by Crippen LogP contribution is -2.42. The number of ether oxygens (including phenoxy) is 1. The molecule has 3 aliphatic rings. The summed E-state index contributed by atoms with van der Waals surface area (Å²) in [6, 6.07) is 0. The van der Waals surface area contributed by atoms with Gasteiger partial charge >= 0.3 is 0 Å². The van der Waals surface area contributed by atoms with Crippen molar-refractivity contribution in [3.63, 3.8) is 0 Å². The fourth-order valence-corrected chi connectivity index (χ4v) is 6.60. The Morgan fingerprint density at radius 3 is 2.40 bits per heavy atom. The van der Waals surface area contributed by atoms with Gasteiger partial charge in [-0.3, -0.25) is 0 Å². The first-order chi connectivity index (χ1) is 14.5. The van der Waals surface area contributed by atoms with E-state index in [1.807, 2.05) is 6.92 Å². The van der Waals surface area contributed by atoms with Gasteiger partial charge in [-0.2, -0.15) is 0 Å². The van der Waals surface area contributed by atoms with Crippen LogP contribution in [0.25, 0.3) is 0 Å². The molecule has 1 aromatic heterocycles. The quantitative estimate of drug-likeness (QED) is 0.597. The number of hydrogen-bond donors (Lipinski definition) is 0. The van der Waals surface area contributed by atoms with Gasteiger partial charge in [0.25, 0.3) is 0 Å². The maximum Gasteiger partial charge on any atom is 0.225 e. The molecule has 1 aromatic rings. The Labute approximate surface area is 185 Å². The Morgan fingerprint density at radius 1 is 1.10 bits per heavy atom. The predicted octanol–water partition coefficient (Wildman–Crippen LogP) is 3.20. The van der Waals surface area contributed by atoms with Gasteiger partial charge in [0.1, 0.15) is 0 Å². The molecule has 2 saturated heterocycles. The fourth-order valence-electron chi connectivity index (χ4n) is 4.96. The molecule has 7 nitrogen and oxygen atoms in total. The molecule has 0 aromatic carbocycles. The van der Waals surface area contributed by atoms with E-state index >= 15 is 0 Å². The van der Waals surface area contributed by atoms with Crippen molar-refractivity contribution in [2.24, 2.45) is 17.8 Å². The zero-order valence-corrected chi connectivity index (χ0v) is 19.3. The summed E-state index contributed by atoms with van der Waals surface area (Å²) in [5.41, 5.74) is 0. The molecule has 2 aliphatic heterocycles. The monoisotopic (exact) mass is 456 g/mol. The summed E-state index contributed by atoms with van der Waals surface area (Å²) in [7, 11) is -3.07. The van der Waals surface area contributed by atoms with Gasteiger partial charge in [0, 0.05) is 26.2 Å². The summed E-state index contributed by atoms with van der Waals surface area (Å²) in [5, 5.41) is 0.572. The van der Waals surface area contributed by atoms with Crippen molar-refractivity contribution < 1.29 is 13.2 Å². The minimum atomic E-state index is -3.07. The van der Waals surface area contributed by atoms with Crippen molar-refractivity contribution in [1.29, 1.82) is 0 Å². The molecule has 0 unspecified atom stereocenters. The van der Waals surface area contributed by atoms with Gasteiger partial charge in [-0.1, -0.05) is 18.5 Å². The lowest BCUT2D eigenvalue weighted by atomic mass is 9.91. The molecule has 30 heavy (non-hydrogen) atoms. The second-order valence-corrected chi connectivity index (χ2v) is 11.5. The third-order valence-corrected chi connectivity index (χ3v) is 9.09. The van der Waals surface area contributed by atoms with Crippen LogP contribution >= 0.6 is 11.6 Å². The molecule has 1 aliphatic carbocycles. The minimum Gasteiger partial charge on any atom is -0.378 e. The summed E-state index contributed by atoms with van der Waals surface area (Å²) in [4.78, 5) is 10.9. The Kier molecular flexibility index (Phi) is 7.17. The van der Waals surface area contributed by atoms with Crippen LogP contribution in [-0.4, -0.2) is 67.3 Å². The van der Waals surface area contributed by atoms with Crippen LogP contribution < -0.4 is 4.90 Å². The van der Waals surface area contributed by atoms with Crippen LogP contribution in [0, 0.1) is 17.8 Å². The molecule has 0 N–H and O–H groups in total. The van der Waals surface area contributed by atoms with Crippen LogP contribution in [-0.2, 0) is 14.8 Å². The Balaban J connectivity index is 1.14. The Morgan fingerprint density at radius 2 is 1.77 bits per heavy atom. The number of rotatable bonds is 8. The third kappa shape index (κ3) is 5.44. The first-order valence-corrected chi connectivity index (χ1v) is 13.3. The van der Waals surface area contributed by atoms with Crippen molar-refractivity contribution in [2.75, 3.05) is 43.4 Å². The molecular weight excluding hydrogens is 424 g/mol. The summed E-state index contributed by atoms with van der Waals surface area (Å²) in [6.45, 7) is 5.95. The summed E-state index contributed by atoms with van der Waals surface area (Å²) < 4.78 is 32.2. The largest absolute Gasteiger partial charge is 0.378 e. The lowest BCUT2D eigenvalue weighted by molar-refractivity contribution is 0.0122. The second kappa shape index (κ2) is 9.67. The first kappa shape index (κ1) is 22.2. The molecule has 0 spiro atoms. The molecule has 4 rings (SSSR count). The van der Waals surface area contributed by atoms with Gasteiger partial charge in [-0.15, -0.1) is 0 Å². The van der Waals surface area contributed by atoms with Gasteiger partial charge in [0.2, 0.25) is 16.0 Å². The highest BCUT2D eigenvalue weighted by atomic mass is 35.5. The average Bonchev–Trinajstić information content (AvgIpc) is 3.53. The SMILES string of the molecule is CCCS(=O)(=O)N1CCC(OC[C@@H]2C[C@@H]2C2CCN(c3ncc(Cl)cn3)CC2)CC1. The Hall–Kier alpha value is -0.960. The summed E-state index contributed by atoms with van der Waals surface area (Å²) in [5.74, 6) is 3.26. The van der Waals surface area contributed by atoms with Crippen LogP contribution in [0.3, 0.4) is 0 Å². The van der Waals surface area contributed by atoms with E-state index in [0.29, 0.717) is 30.5 Å². The van der Waals surface area contributed by atoms with Crippen LogP contribution in [0.5, 0.6) is 0 Å². The number of piperidine rings is 2. The number of sulfonamides is 1. The fraction of sp³-hybridized carbons (Fsp3) is 0.810. The van der Waals surface area contributed by atoms with Gasteiger partial charge in [-0.05, 0) is 56.3 Å². The van der Waals surface area contributed by atoms with Crippen LogP contribution in [0.15, 0.2) is 12.4 Å². The van der Waals surface area contributed by atoms with Gasteiger partial charge < -0.3 is 9.64 Å². The third-order valence-electron chi connectivity index (χ3n) is 6.81. The number of nitrogens with zero attached hydrogens (tertiary/aromatic N) is 4. The molecule has 2 atom stereocenters. The van der Waals surface area contributed by atoms with Crippen molar-refractivity contribution in [3.8, 4) is 0 Å². The average molecular weight is 457 g/mol. The normalized spacial score (nSPS) is 26.8. The van der Waals surface area contributed by atoms with E-state index in [4.69, 9.17) is 16.3 Å². The van der Waals surface area contributed by atoms with Crippen molar-refractivity contribution in [2.45, 2.75) is 51.6 Å². The van der Waals surface area contributed by atoms with Gasteiger partial charge in [-0.25, -0.2) is 22.7 Å². The highest BCUT2D eigenvalue weighted by Gasteiger charge is 2.44. The van der Waals surface area contributed by atoms with E-state index in [1.54, 1.807) is 16.7 Å². The smallest absolute Gasteiger partial charge is 0.225 e. The molecular formula is C21H33ClN4O3S. The number of halogens is 1. The molecule has 1 saturated carbocycles. The number of aromatic nitrogens is 2. The molecule has 3 fully saturated rings. The number of hydrogen-bond acceptors (Lipinski definition) is 6. The maximum absolute atomic E-state index is 12.2. The molecule has 0 amide bonds. The summed E-state index contributed by atoms with van der Waals surface area (Å²) >= 11 is 5.88. The van der Waals surface area contributed by atoms with Crippen LogP contribution in [0.4, 0.5) is 5.95 Å². The topological polar surface area (TPSA) is 75.6 Å². The highest BCUT2D eigenvalue weighted by Crippen LogP contribution is 2.48. The van der Waals surface area contributed by atoms with E-state index < -0.39 is 10.0 Å². The van der Waals surface area contributed by atoms with Gasteiger partial charge in [0.05, 0.1) is 35.9 Å². The highest BCUT2D eigenvalue weighted by molar-refractivity contribution is 7.89. The second-order valence-electron chi connectivity index (χ2n) is 8.93. The molecule has 0 bridgehead atoms. The van der Waals surface area contributed by atoms with E-state index in [1.165, 1.54) is 19.3 Å². The predicted molar refractivity (Wildman–Crippen MR) is 118 cm³/mol. The van der Waals surface area contributed by atoms with E-state index in [-0.39, 0.29) is 11.9 Å². The maximum atomic E-state index is 12.2. The zero-order valence-electron chi connectivity index (χ0n) is 17.7. The summed E-state index contributed by atoms with van der Waals surface area (Å²) in [6.07, 6.45) is 9.48.